The molecule has 0 aliphatic heterocycles. The SMILES string of the molecule is Cc1nn(-c2ccccc2)c(Cl)c1/C=C(\C#N)c1nc2cc(C(F)(F)F)ccc2s1. The maximum Gasteiger partial charge on any atom is 0.416 e. The fourth-order valence-electron chi connectivity index (χ4n) is 2.92. The van der Waals surface area contributed by atoms with Gasteiger partial charge in [-0.3, -0.25) is 0 Å². The van der Waals surface area contributed by atoms with Gasteiger partial charge in [0, 0.05) is 5.56 Å². The van der Waals surface area contributed by atoms with Gasteiger partial charge in [-0.1, -0.05) is 29.8 Å². The van der Waals surface area contributed by atoms with E-state index >= 15 is 0 Å². The van der Waals surface area contributed by atoms with E-state index in [9.17, 15) is 18.4 Å². The molecule has 0 unspecified atom stereocenters. The lowest BCUT2D eigenvalue weighted by atomic mass is 10.1. The van der Waals surface area contributed by atoms with Crippen molar-refractivity contribution >= 4 is 44.8 Å². The molecule has 0 aliphatic carbocycles. The van der Waals surface area contributed by atoms with E-state index in [1.54, 1.807) is 17.7 Å². The zero-order valence-electron chi connectivity index (χ0n) is 15.4. The van der Waals surface area contributed by atoms with Crippen LogP contribution in [0, 0.1) is 18.3 Å². The quantitative estimate of drug-likeness (QED) is 0.338. The van der Waals surface area contributed by atoms with E-state index in [0.717, 1.165) is 29.2 Å². The minimum Gasteiger partial charge on any atom is -0.235 e. The van der Waals surface area contributed by atoms with Crippen LogP contribution < -0.4 is 0 Å². The number of halogens is 4. The first-order valence-corrected chi connectivity index (χ1v) is 9.88. The molecule has 0 spiro atoms. The Bertz CT molecular complexity index is 1310. The summed E-state index contributed by atoms with van der Waals surface area (Å²) in [5.74, 6) is 0. The van der Waals surface area contributed by atoms with Crippen molar-refractivity contribution in [1.29, 1.82) is 5.26 Å². The van der Waals surface area contributed by atoms with E-state index in [1.165, 1.54) is 6.07 Å². The Morgan fingerprint density at radius 3 is 2.60 bits per heavy atom. The van der Waals surface area contributed by atoms with Crippen LogP contribution in [0.25, 0.3) is 27.6 Å². The lowest BCUT2D eigenvalue weighted by Gasteiger charge is -2.04. The highest BCUT2D eigenvalue weighted by Crippen LogP contribution is 2.35. The maximum atomic E-state index is 13.0. The molecular formula is C21H12ClF3N4S. The summed E-state index contributed by atoms with van der Waals surface area (Å²) in [5.41, 5.74) is 1.53. The van der Waals surface area contributed by atoms with Crippen molar-refractivity contribution in [3.63, 3.8) is 0 Å². The molecule has 0 N–H and O–H groups in total. The smallest absolute Gasteiger partial charge is 0.235 e. The first kappa shape index (κ1) is 20.1. The number of aromatic nitrogens is 3. The Morgan fingerprint density at radius 2 is 1.93 bits per heavy atom. The summed E-state index contributed by atoms with van der Waals surface area (Å²) in [6.07, 6.45) is -2.89. The van der Waals surface area contributed by atoms with Crippen molar-refractivity contribution in [2.24, 2.45) is 0 Å². The molecule has 2 heterocycles. The predicted molar refractivity (Wildman–Crippen MR) is 111 cm³/mol. The molecule has 0 amide bonds. The summed E-state index contributed by atoms with van der Waals surface area (Å²) < 4.78 is 41.0. The van der Waals surface area contributed by atoms with E-state index < -0.39 is 11.7 Å². The van der Waals surface area contributed by atoms with Gasteiger partial charge in [0.1, 0.15) is 16.2 Å². The molecule has 0 radical (unpaired) electrons. The Balaban J connectivity index is 1.78. The summed E-state index contributed by atoms with van der Waals surface area (Å²) in [7, 11) is 0. The molecule has 4 aromatic rings. The van der Waals surface area contributed by atoms with Crippen LogP contribution in [0.4, 0.5) is 13.2 Å². The number of nitriles is 1. The van der Waals surface area contributed by atoms with Crippen LogP contribution in [0.1, 0.15) is 21.8 Å². The zero-order chi connectivity index (χ0) is 21.5. The lowest BCUT2D eigenvalue weighted by Crippen LogP contribution is -2.03. The molecule has 30 heavy (non-hydrogen) atoms. The molecule has 0 saturated heterocycles. The summed E-state index contributed by atoms with van der Waals surface area (Å²) >= 11 is 7.65. The number of alkyl halides is 3. The van der Waals surface area contributed by atoms with Crippen molar-refractivity contribution < 1.29 is 13.2 Å². The molecule has 0 aliphatic rings. The summed E-state index contributed by atoms with van der Waals surface area (Å²) in [5, 5.41) is 14.7. The molecule has 150 valence electrons. The van der Waals surface area contributed by atoms with E-state index in [4.69, 9.17) is 11.6 Å². The largest absolute Gasteiger partial charge is 0.416 e. The third-order valence-corrected chi connectivity index (χ3v) is 5.84. The fraction of sp³-hybridized carbons (Fsp3) is 0.0952. The van der Waals surface area contributed by atoms with Crippen LogP contribution in [-0.4, -0.2) is 14.8 Å². The van der Waals surface area contributed by atoms with Crippen molar-refractivity contribution in [3.05, 3.63) is 75.5 Å². The van der Waals surface area contributed by atoms with Crippen molar-refractivity contribution in [2.45, 2.75) is 13.1 Å². The van der Waals surface area contributed by atoms with E-state index in [1.807, 2.05) is 30.3 Å². The third kappa shape index (κ3) is 3.70. The number of allylic oxidation sites excluding steroid dienone is 1. The molecule has 0 bridgehead atoms. The Hall–Kier alpha value is -3.15. The Labute approximate surface area is 178 Å². The second-order valence-corrected chi connectivity index (χ2v) is 7.80. The first-order valence-electron chi connectivity index (χ1n) is 8.68. The molecule has 0 atom stereocenters. The summed E-state index contributed by atoms with van der Waals surface area (Å²) in [6, 6.07) is 14.7. The van der Waals surface area contributed by atoms with Gasteiger partial charge in [-0.25, -0.2) is 9.67 Å². The molecule has 0 saturated carbocycles. The summed E-state index contributed by atoms with van der Waals surface area (Å²) in [4.78, 5) is 4.24. The molecular weight excluding hydrogens is 433 g/mol. The highest BCUT2D eigenvalue weighted by Gasteiger charge is 2.31. The average Bonchev–Trinajstić information content (AvgIpc) is 3.26. The first-order chi connectivity index (χ1) is 14.3. The van der Waals surface area contributed by atoms with Gasteiger partial charge in [-0.2, -0.15) is 23.5 Å². The monoisotopic (exact) mass is 444 g/mol. The number of fused-ring (bicyclic) bond motifs is 1. The molecule has 0 fully saturated rings. The van der Waals surface area contributed by atoms with Gasteiger partial charge in [0.2, 0.25) is 0 Å². The predicted octanol–water partition coefficient (Wildman–Crippen LogP) is 6.53. The normalized spacial score (nSPS) is 12.3. The van der Waals surface area contributed by atoms with E-state index in [-0.39, 0.29) is 11.1 Å². The minimum atomic E-state index is -4.46. The Kier molecular flexibility index (Phi) is 5.10. The molecule has 4 rings (SSSR count). The van der Waals surface area contributed by atoms with Crippen LogP contribution in [-0.2, 0) is 6.18 Å². The molecule has 2 aromatic carbocycles. The molecule has 4 nitrogen and oxygen atoms in total. The van der Waals surface area contributed by atoms with Gasteiger partial charge in [0.05, 0.1) is 32.7 Å². The molecule has 2 aromatic heterocycles. The summed E-state index contributed by atoms with van der Waals surface area (Å²) in [6.45, 7) is 1.76. The highest BCUT2D eigenvalue weighted by molar-refractivity contribution is 7.19. The Morgan fingerprint density at radius 1 is 1.20 bits per heavy atom. The molecule has 9 heteroatoms. The van der Waals surface area contributed by atoms with Crippen LogP contribution in [0.3, 0.4) is 0 Å². The number of hydrogen-bond acceptors (Lipinski definition) is 4. The topological polar surface area (TPSA) is 54.5 Å². The number of benzene rings is 2. The minimum absolute atomic E-state index is 0.189. The number of aryl methyl sites for hydroxylation is 1. The van der Waals surface area contributed by atoms with Crippen LogP contribution >= 0.6 is 22.9 Å². The van der Waals surface area contributed by atoms with Gasteiger partial charge in [-0.15, -0.1) is 11.3 Å². The van der Waals surface area contributed by atoms with Gasteiger partial charge in [-0.05, 0) is 43.3 Å². The number of hydrogen-bond donors (Lipinski definition) is 0. The second-order valence-electron chi connectivity index (χ2n) is 6.41. The van der Waals surface area contributed by atoms with Crippen LogP contribution in [0.2, 0.25) is 5.15 Å². The van der Waals surface area contributed by atoms with Gasteiger partial charge in [0.25, 0.3) is 0 Å². The lowest BCUT2D eigenvalue weighted by molar-refractivity contribution is -0.137. The second kappa shape index (κ2) is 7.59. The highest BCUT2D eigenvalue weighted by atomic mass is 35.5. The van der Waals surface area contributed by atoms with E-state index in [0.29, 0.717) is 26.1 Å². The third-order valence-electron chi connectivity index (χ3n) is 4.40. The van der Waals surface area contributed by atoms with E-state index in [2.05, 4.69) is 16.2 Å². The number of nitrogens with zero attached hydrogens (tertiary/aromatic N) is 4. The fourth-order valence-corrected chi connectivity index (χ4v) is 4.16. The number of thiazole rings is 1. The van der Waals surface area contributed by atoms with Crippen LogP contribution in [0.5, 0.6) is 0 Å². The van der Waals surface area contributed by atoms with Crippen molar-refractivity contribution in [2.75, 3.05) is 0 Å². The maximum absolute atomic E-state index is 13.0. The van der Waals surface area contributed by atoms with Gasteiger partial charge >= 0.3 is 6.18 Å². The van der Waals surface area contributed by atoms with Crippen molar-refractivity contribution in [3.8, 4) is 11.8 Å². The average molecular weight is 445 g/mol. The number of rotatable bonds is 3. The van der Waals surface area contributed by atoms with Gasteiger partial charge in [0.15, 0.2) is 0 Å². The van der Waals surface area contributed by atoms with Crippen molar-refractivity contribution in [1.82, 2.24) is 14.8 Å². The standard InChI is InChI=1S/C21H12ClF3N4S/c1-12-16(19(22)29(28-12)15-5-3-2-4-6-15)9-13(11-26)20-27-17-10-14(21(23,24)25)7-8-18(17)30-20/h2-10H,1H3/b13-9+. The van der Waals surface area contributed by atoms with Crippen LogP contribution in [0.15, 0.2) is 48.5 Å². The zero-order valence-corrected chi connectivity index (χ0v) is 17.0. The number of para-hydroxylation sites is 1. The van der Waals surface area contributed by atoms with Gasteiger partial charge < -0.3 is 0 Å².